The predicted molar refractivity (Wildman–Crippen MR) is 101 cm³/mol. The van der Waals surface area contributed by atoms with Gasteiger partial charge in [-0.15, -0.1) is 0 Å². The predicted octanol–water partition coefficient (Wildman–Crippen LogP) is 5.11. The van der Waals surface area contributed by atoms with Crippen molar-refractivity contribution < 1.29 is 4.79 Å². The molecule has 0 saturated heterocycles. The quantitative estimate of drug-likeness (QED) is 0.655. The Bertz CT molecular complexity index is 872. The van der Waals surface area contributed by atoms with Crippen molar-refractivity contribution in [2.75, 3.05) is 4.90 Å². The molecule has 122 valence electrons. The van der Waals surface area contributed by atoms with E-state index in [0.29, 0.717) is 0 Å². The number of hydrogen-bond donors (Lipinski definition) is 0. The Balaban J connectivity index is 1.80. The maximum Gasteiger partial charge on any atom is 0.239 e. The van der Waals surface area contributed by atoms with E-state index in [-0.39, 0.29) is 17.7 Å². The van der Waals surface area contributed by atoms with Gasteiger partial charge in [-0.05, 0) is 23.3 Å². The molecule has 25 heavy (non-hydrogen) atoms. The average molecular weight is 325 g/mol. The molecule has 0 spiro atoms. The van der Waals surface area contributed by atoms with E-state index in [9.17, 15) is 4.79 Å². The lowest BCUT2D eigenvalue weighted by Crippen LogP contribution is -2.37. The number of para-hydroxylation sites is 1. The van der Waals surface area contributed by atoms with Gasteiger partial charge in [-0.2, -0.15) is 0 Å². The van der Waals surface area contributed by atoms with Gasteiger partial charge in [-0.1, -0.05) is 84.9 Å². The van der Waals surface area contributed by atoms with Crippen LogP contribution in [0.5, 0.6) is 0 Å². The minimum Gasteiger partial charge on any atom is -0.288 e. The molecule has 0 radical (unpaired) electrons. The van der Waals surface area contributed by atoms with E-state index < -0.39 is 0 Å². The van der Waals surface area contributed by atoms with Gasteiger partial charge in [0.1, 0.15) is 0 Å². The molecule has 3 aromatic rings. The number of anilines is 1. The van der Waals surface area contributed by atoms with Gasteiger partial charge in [0.15, 0.2) is 0 Å². The van der Waals surface area contributed by atoms with Crippen LogP contribution >= 0.6 is 0 Å². The smallest absolute Gasteiger partial charge is 0.239 e. The van der Waals surface area contributed by atoms with E-state index in [1.54, 1.807) is 4.90 Å². The third kappa shape index (κ3) is 2.99. The Hall–Kier alpha value is -3.13. The van der Waals surface area contributed by atoms with Gasteiger partial charge in [0.05, 0.1) is 5.92 Å². The standard InChI is InChI=1S/C23H19NO/c25-23-22(19-12-6-2-7-13-19)21(18-10-4-1-5-11-18)16-17-24(23)20-14-8-3-9-15-20/h1-17,21-22H. The molecule has 0 N–H and O–H groups in total. The lowest BCUT2D eigenvalue weighted by Gasteiger charge is -2.34. The van der Waals surface area contributed by atoms with Crippen LogP contribution in [-0.4, -0.2) is 5.91 Å². The third-order valence-electron chi connectivity index (χ3n) is 4.68. The topological polar surface area (TPSA) is 20.3 Å². The number of benzene rings is 3. The summed E-state index contributed by atoms with van der Waals surface area (Å²) < 4.78 is 0. The van der Waals surface area contributed by atoms with E-state index in [0.717, 1.165) is 16.8 Å². The second-order valence-corrected chi connectivity index (χ2v) is 6.21. The Morgan fingerprint density at radius 2 is 1.16 bits per heavy atom. The number of allylic oxidation sites excluding steroid dienone is 1. The highest BCUT2D eigenvalue weighted by atomic mass is 16.2. The highest BCUT2D eigenvalue weighted by molar-refractivity contribution is 6.01. The number of rotatable bonds is 3. The first kappa shape index (κ1) is 15.4. The molecule has 0 aromatic heterocycles. The lowest BCUT2D eigenvalue weighted by atomic mass is 9.79. The van der Waals surface area contributed by atoms with Crippen LogP contribution in [0.3, 0.4) is 0 Å². The summed E-state index contributed by atoms with van der Waals surface area (Å²) in [5.41, 5.74) is 3.11. The molecular formula is C23H19NO. The van der Waals surface area contributed by atoms with Gasteiger partial charge >= 0.3 is 0 Å². The van der Waals surface area contributed by atoms with Crippen molar-refractivity contribution >= 4 is 11.6 Å². The molecule has 1 aliphatic rings. The molecule has 1 heterocycles. The molecule has 2 nitrogen and oxygen atoms in total. The second kappa shape index (κ2) is 6.78. The van der Waals surface area contributed by atoms with Crippen molar-refractivity contribution in [3.63, 3.8) is 0 Å². The van der Waals surface area contributed by atoms with Crippen LogP contribution in [0.1, 0.15) is 23.0 Å². The fraction of sp³-hybridized carbons (Fsp3) is 0.0870. The molecule has 0 bridgehead atoms. The molecule has 4 rings (SSSR count). The van der Waals surface area contributed by atoms with E-state index in [1.807, 2.05) is 85.1 Å². The fourth-order valence-electron chi connectivity index (χ4n) is 3.46. The Morgan fingerprint density at radius 1 is 0.640 bits per heavy atom. The van der Waals surface area contributed by atoms with Crippen molar-refractivity contribution in [1.82, 2.24) is 0 Å². The molecule has 2 unspecified atom stereocenters. The monoisotopic (exact) mass is 325 g/mol. The van der Waals surface area contributed by atoms with Crippen molar-refractivity contribution in [3.8, 4) is 0 Å². The Labute approximate surface area is 148 Å². The van der Waals surface area contributed by atoms with Crippen LogP contribution in [0.15, 0.2) is 103 Å². The molecule has 2 heteroatoms. The summed E-state index contributed by atoms with van der Waals surface area (Å²) in [5, 5.41) is 0. The Morgan fingerprint density at radius 3 is 1.76 bits per heavy atom. The lowest BCUT2D eigenvalue weighted by molar-refractivity contribution is -0.120. The first-order valence-corrected chi connectivity index (χ1v) is 8.51. The summed E-state index contributed by atoms with van der Waals surface area (Å²) in [7, 11) is 0. The first-order valence-electron chi connectivity index (χ1n) is 8.51. The van der Waals surface area contributed by atoms with E-state index in [4.69, 9.17) is 0 Å². The molecule has 0 fully saturated rings. The van der Waals surface area contributed by atoms with Crippen LogP contribution in [-0.2, 0) is 4.79 Å². The van der Waals surface area contributed by atoms with Crippen LogP contribution in [0, 0.1) is 0 Å². The normalized spacial score (nSPS) is 19.8. The zero-order valence-electron chi connectivity index (χ0n) is 13.8. The summed E-state index contributed by atoms with van der Waals surface area (Å²) in [6, 6.07) is 30.1. The molecule has 2 atom stereocenters. The molecule has 1 aliphatic heterocycles. The van der Waals surface area contributed by atoms with Crippen molar-refractivity contribution in [2.24, 2.45) is 0 Å². The Kier molecular flexibility index (Phi) is 4.17. The van der Waals surface area contributed by atoms with Crippen LogP contribution < -0.4 is 4.90 Å². The maximum atomic E-state index is 13.4. The summed E-state index contributed by atoms with van der Waals surface area (Å²) in [5.74, 6) is -0.0846. The van der Waals surface area contributed by atoms with Crippen molar-refractivity contribution in [3.05, 3.63) is 114 Å². The minimum absolute atomic E-state index is 0.0380. The number of carbonyl (C=O) groups excluding carboxylic acids is 1. The number of carbonyl (C=O) groups is 1. The van der Waals surface area contributed by atoms with Crippen molar-refractivity contribution in [1.29, 1.82) is 0 Å². The van der Waals surface area contributed by atoms with Gasteiger partial charge in [-0.25, -0.2) is 0 Å². The highest BCUT2D eigenvalue weighted by Gasteiger charge is 2.35. The summed E-state index contributed by atoms with van der Waals surface area (Å²) in [6.45, 7) is 0. The van der Waals surface area contributed by atoms with Gasteiger partial charge in [0.2, 0.25) is 5.91 Å². The highest BCUT2D eigenvalue weighted by Crippen LogP contribution is 2.39. The fourth-order valence-corrected chi connectivity index (χ4v) is 3.46. The molecule has 3 aromatic carbocycles. The van der Waals surface area contributed by atoms with Gasteiger partial charge in [0.25, 0.3) is 0 Å². The summed E-state index contributed by atoms with van der Waals surface area (Å²) in [4.78, 5) is 15.1. The largest absolute Gasteiger partial charge is 0.288 e. The van der Waals surface area contributed by atoms with Gasteiger partial charge in [-0.3, -0.25) is 9.69 Å². The average Bonchev–Trinajstić information content (AvgIpc) is 2.70. The number of nitrogens with zero attached hydrogens (tertiary/aromatic N) is 1. The summed E-state index contributed by atoms with van der Waals surface area (Å²) >= 11 is 0. The maximum absolute atomic E-state index is 13.4. The summed E-state index contributed by atoms with van der Waals surface area (Å²) in [6.07, 6.45) is 4.05. The van der Waals surface area contributed by atoms with Crippen LogP contribution in [0.25, 0.3) is 0 Å². The minimum atomic E-state index is -0.228. The SMILES string of the molecule is O=C1C(c2ccccc2)C(c2ccccc2)C=CN1c1ccccc1. The third-order valence-corrected chi connectivity index (χ3v) is 4.68. The van der Waals surface area contributed by atoms with Gasteiger partial charge in [0, 0.05) is 17.8 Å². The zero-order chi connectivity index (χ0) is 17.1. The number of amides is 1. The zero-order valence-corrected chi connectivity index (χ0v) is 13.8. The van der Waals surface area contributed by atoms with Crippen LogP contribution in [0.4, 0.5) is 5.69 Å². The number of hydrogen-bond acceptors (Lipinski definition) is 1. The van der Waals surface area contributed by atoms with Crippen LogP contribution in [0.2, 0.25) is 0 Å². The molecule has 0 aliphatic carbocycles. The van der Waals surface area contributed by atoms with E-state index in [2.05, 4.69) is 18.2 Å². The van der Waals surface area contributed by atoms with Gasteiger partial charge < -0.3 is 0 Å². The molecular weight excluding hydrogens is 306 g/mol. The van der Waals surface area contributed by atoms with E-state index in [1.165, 1.54) is 0 Å². The molecule has 1 amide bonds. The first-order chi connectivity index (χ1) is 12.3. The second-order valence-electron chi connectivity index (χ2n) is 6.21. The van der Waals surface area contributed by atoms with E-state index >= 15 is 0 Å². The molecule has 0 saturated carbocycles. The van der Waals surface area contributed by atoms with Crippen molar-refractivity contribution in [2.45, 2.75) is 11.8 Å².